The molecule has 1 heterocycles. The summed E-state index contributed by atoms with van der Waals surface area (Å²) in [5.74, 6) is 0.440. The summed E-state index contributed by atoms with van der Waals surface area (Å²) in [6, 6.07) is 6.46. The molecule has 0 aliphatic carbocycles. The van der Waals surface area contributed by atoms with Crippen LogP contribution in [-0.4, -0.2) is 42.6 Å². The molecule has 1 N–H and O–H groups in total. The Hall–Kier alpha value is -1.39. The average molecular weight is 304 g/mol. The molecule has 2 unspecified atom stereocenters. The predicted molar refractivity (Wildman–Crippen MR) is 90.3 cm³/mol. The average Bonchev–Trinajstić information content (AvgIpc) is 2.44. The van der Waals surface area contributed by atoms with E-state index in [9.17, 15) is 4.79 Å². The van der Waals surface area contributed by atoms with Gasteiger partial charge in [0.1, 0.15) is 0 Å². The molecule has 0 radical (unpaired) electrons. The molecule has 22 heavy (non-hydrogen) atoms. The summed E-state index contributed by atoms with van der Waals surface area (Å²) in [4.78, 5) is 14.7. The van der Waals surface area contributed by atoms with Gasteiger partial charge in [0.15, 0.2) is 0 Å². The zero-order valence-corrected chi connectivity index (χ0v) is 14.3. The van der Waals surface area contributed by atoms with E-state index in [2.05, 4.69) is 44.0 Å². The highest BCUT2D eigenvalue weighted by molar-refractivity contribution is 5.94. The van der Waals surface area contributed by atoms with Crippen LogP contribution in [0.4, 0.5) is 5.69 Å². The van der Waals surface area contributed by atoms with Gasteiger partial charge < -0.3 is 10.1 Å². The van der Waals surface area contributed by atoms with Crippen molar-refractivity contribution in [2.24, 2.45) is 0 Å². The second-order valence-electron chi connectivity index (χ2n) is 6.66. The largest absolute Gasteiger partial charge is 0.376 e. The molecule has 4 heteroatoms. The van der Waals surface area contributed by atoms with E-state index in [0.717, 1.165) is 17.8 Å². The number of nitrogens with one attached hydrogen (secondary N) is 1. The number of anilines is 1. The first-order chi connectivity index (χ1) is 10.4. The number of carbonyl (C=O) groups is 1. The number of benzene rings is 1. The number of aryl methyl sites for hydroxylation is 1. The highest BCUT2D eigenvalue weighted by Crippen LogP contribution is 2.27. The summed E-state index contributed by atoms with van der Waals surface area (Å²) in [6.07, 6.45) is 0.189. The number of ether oxygens (including phenoxy) is 1. The van der Waals surface area contributed by atoms with Crippen molar-refractivity contribution in [1.29, 1.82) is 0 Å². The smallest absolute Gasteiger partial charge is 0.238 e. The van der Waals surface area contributed by atoms with Crippen molar-refractivity contribution in [3.63, 3.8) is 0 Å². The van der Waals surface area contributed by atoms with Gasteiger partial charge in [-0.2, -0.15) is 0 Å². The van der Waals surface area contributed by atoms with E-state index >= 15 is 0 Å². The zero-order chi connectivity index (χ0) is 16.3. The Morgan fingerprint density at radius 1 is 1.41 bits per heavy atom. The van der Waals surface area contributed by atoms with Crippen molar-refractivity contribution in [2.75, 3.05) is 25.0 Å². The van der Waals surface area contributed by atoms with E-state index in [1.807, 2.05) is 19.1 Å². The molecular weight excluding hydrogens is 276 g/mol. The molecule has 2 rings (SSSR count). The van der Waals surface area contributed by atoms with Gasteiger partial charge in [0.25, 0.3) is 0 Å². The van der Waals surface area contributed by atoms with Gasteiger partial charge in [0.05, 0.1) is 19.3 Å². The molecule has 0 aromatic heterocycles. The summed E-state index contributed by atoms with van der Waals surface area (Å²) in [5.41, 5.74) is 3.27. The van der Waals surface area contributed by atoms with Crippen LogP contribution in [0.15, 0.2) is 18.2 Å². The summed E-state index contributed by atoms with van der Waals surface area (Å²) < 4.78 is 5.62. The van der Waals surface area contributed by atoms with Crippen LogP contribution in [0.5, 0.6) is 0 Å². The van der Waals surface area contributed by atoms with Crippen molar-refractivity contribution in [3.8, 4) is 0 Å². The fraction of sp³-hybridized carbons (Fsp3) is 0.611. The van der Waals surface area contributed by atoms with Crippen LogP contribution in [0, 0.1) is 6.92 Å². The van der Waals surface area contributed by atoms with Gasteiger partial charge in [-0.05, 0) is 37.8 Å². The van der Waals surface area contributed by atoms with E-state index in [4.69, 9.17) is 4.74 Å². The minimum atomic E-state index is 0.0529. The SMILES string of the molecule is Cc1cccc(C(C)C)c1NC(=O)CN1CC(C)OCC1C. The summed E-state index contributed by atoms with van der Waals surface area (Å²) >= 11 is 0. The minimum absolute atomic E-state index is 0.0529. The van der Waals surface area contributed by atoms with Crippen LogP contribution < -0.4 is 5.32 Å². The second kappa shape index (κ2) is 7.25. The first-order valence-electron chi connectivity index (χ1n) is 8.13. The maximum Gasteiger partial charge on any atom is 0.238 e. The fourth-order valence-electron chi connectivity index (χ4n) is 2.90. The lowest BCUT2D eigenvalue weighted by molar-refractivity contribution is -0.121. The maximum atomic E-state index is 12.5. The molecule has 0 saturated carbocycles. The predicted octanol–water partition coefficient (Wildman–Crippen LogP) is 3.17. The topological polar surface area (TPSA) is 41.6 Å². The van der Waals surface area contributed by atoms with E-state index < -0.39 is 0 Å². The lowest BCUT2D eigenvalue weighted by Gasteiger charge is -2.36. The lowest BCUT2D eigenvalue weighted by atomic mass is 9.98. The molecule has 2 atom stereocenters. The van der Waals surface area contributed by atoms with Gasteiger partial charge in [0.2, 0.25) is 5.91 Å². The van der Waals surface area contributed by atoms with Crippen LogP contribution in [-0.2, 0) is 9.53 Å². The molecule has 1 amide bonds. The third-order valence-corrected chi connectivity index (χ3v) is 4.28. The Morgan fingerprint density at radius 2 is 2.14 bits per heavy atom. The lowest BCUT2D eigenvalue weighted by Crippen LogP contribution is -2.50. The van der Waals surface area contributed by atoms with Crippen molar-refractivity contribution in [2.45, 2.75) is 52.7 Å². The molecule has 1 aromatic rings. The number of carbonyl (C=O) groups excluding carboxylic acids is 1. The molecule has 1 saturated heterocycles. The summed E-state index contributed by atoms with van der Waals surface area (Å²) in [5, 5.41) is 3.12. The second-order valence-corrected chi connectivity index (χ2v) is 6.66. The molecule has 0 bridgehead atoms. The maximum absolute atomic E-state index is 12.5. The number of hydrogen-bond acceptors (Lipinski definition) is 3. The molecule has 1 fully saturated rings. The van der Waals surface area contributed by atoms with Crippen molar-refractivity contribution >= 4 is 11.6 Å². The van der Waals surface area contributed by atoms with Gasteiger partial charge in [-0.1, -0.05) is 32.0 Å². The Morgan fingerprint density at radius 3 is 2.82 bits per heavy atom. The van der Waals surface area contributed by atoms with Gasteiger partial charge in [0, 0.05) is 18.3 Å². The third kappa shape index (κ3) is 4.08. The number of morpholine rings is 1. The Bertz CT molecular complexity index is 528. The Labute approximate surface area is 133 Å². The molecule has 0 spiro atoms. The number of nitrogens with zero attached hydrogens (tertiary/aromatic N) is 1. The zero-order valence-electron chi connectivity index (χ0n) is 14.3. The van der Waals surface area contributed by atoms with E-state index in [0.29, 0.717) is 19.1 Å². The van der Waals surface area contributed by atoms with E-state index in [1.54, 1.807) is 0 Å². The first-order valence-corrected chi connectivity index (χ1v) is 8.13. The van der Waals surface area contributed by atoms with Gasteiger partial charge in [-0.15, -0.1) is 0 Å². The van der Waals surface area contributed by atoms with Crippen LogP contribution >= 0.6 is 0 Å². The quantitative estimate of drug-likeness (QED) is 0.929. The van der Waals surface area contributed by atoms with Crippen LogP contribution in [0.25, 0.3) is 0 Å². The number of para-hydroxylation sites is 1. The van der Waals surface area contributed by atoms with Crippen molar-refractivity contribution < 1.29 is 9.53 Å². The highest BCUT2D eigenvalue weighted by Gasteiger charge is 2.25. The van der Waals surface area contributed by atoms with Crippen molar-refractivity contribution in [3.05, 3.63) is 29.3 Å². The summed E-state index contributed by atoms with van der Waals surface area (Å²) in [6.45, 7) is 12.4. The van der Waals surface area contributed by atoms with Gasteiger partial charge >= 0.3 is 0 Å². The highest BCUT2D eigenvalue weighted by atomic mass is 16.5. The van der Waals surface area contributed by atoms with Crippen molar-refractivity contribution in [1.82, 2.24) is 4.90 Å². The third-order valence-electron chi connectivity index (χ3n) is 4.28. The molecule has 4 nitrogen and oxygen atoms in total. The fourth-order valence-corrected chi connectivity index (χ4v) is 2.90. The molecular formula is C18H28N2O2. The Kier molecular flexibility index (Phi) is 5.59. The minimum Gasteiger partial charge on any atom is -0.376 e. The number of amides is 1. The number of rotatable bonds is 4. The normalized spacial score (nSPS) is 22.8. The molecule has 1 aliphatic heterocycles. The standard InChI is InChI=1S/C18H28N2O2/c1-12(2)16-8-6-7-13(3)18(16)19-17(21)10-20-9-15(5)22-11-14(20)4/h6-8,12,14-15H,9-11H2,1-5H3,(H,19,21). The Balaban J connectivity index is 2.06. The van der Waals surface area contributed by atoms with E-state index in [-0.39, 0.29) is 18.1 Å². The van der Waals surface area contributed by atoms with E-state index in [1.165, 1.54) is 5.56 Å². The monoisotopic (exact) mass is 304 g/mol. The van der Waals surface area contributed by atoms with Crippen LogP contribution in [0.3, 0.4) is 0 Å². The summed E-state index contributed by atoms with van der Waals surface area (Å²) in [7, 11) is 0. The van der Waals surface area contributed by atoms with Crippen LogP contribution in [0.1, 0.15) is 44.7 Å². The van der Waals surface area contributed by atoms with Gasteiger partial charge in [-0.25, -0.2) is 0 Å². The number of hydrogen-bond donors (Lipinski definition) is 1. The van der Waals surface area contributed by atoms with Crippen LogP contribution in [0.2, 0.25) is 0 Å². The molecule has 1 aromatic carbocycles. The molecule has 122 valence electrons. The molecule has 1 aliphatic rings. The first kappa shape index (κ1) is 17.0. The van der Waals surface area contributed by atoms with Gasteiger partial charge in [-0.3, -0.25) is 9.69 Å².